The minimum atomic E-state index is -4.29. The minimum absolute atomic E-state index is 0.148. The van der Waals surface area contributed by atoms with Gasteiger partial charge in [0.2, 0.25) is 0 Å². The summed E-state index contributed by atoms with van der Waals surface area (Å²) in [6.45, 7) is 3.94. The zero-order valence-electron chi connectivity index (χ0n) is 12.7. The highest BCUT2D eigenvalue weighted by molar-refractivity contribution is 5.34. The predicted octanol–water partition coefficient (Wildman–Crippen LogP) is 5.23. The van der Waals surface area contributed by atoms with Crippen molar-refractivity contribution in [2.45, 2.75) is 58.2 Å². The molecular weight excluding hydrogens is 275 g/mol. The van der Waals surface area contributed by atoms with Gasteiger partial charge < -0.3 is 5.73 Å². The molecule has 0 saturated heterocycles. The van der Waals surface area contributed by atoms with E-state index >= 15 is 0 Å². The Labute approximate surface area is 124 Å². The third-order valence-corrected chi connectivity index (χ3v) is 4.93. The molecule has 1 saturated carbocycles. The molecule has 4 heteroatoms. The van der Waals surface area contributed by atoms with E-state index in [1.165, 1.54) is 25.3 Å². The molecule has 0 amide bonds. The number of benzene rings is 1. The molecule has 118 valence electrons. The van der Waals surface area contributed by atoms with Gasteiger partial charge in [-0.05, 0) is 54.9 Å². The predicted molar refractivity (Wildman–Crippen MR) is 78.8 cm³/mol. The summed E-state index contributed by atoms with van der Waals surface area (Å²) in [6.07, 6.45) is 1.47. The van der Waals surface area contributed by atoms with Crippen LogP contribution in [-0.4, -0.2) is 0 Å². The third kappa shape index (κ3) is 3.79. The molecule has 21 heavy (non-hydrogen) atoms. The van der Waals surface area contributed by atoms with Gasteiger partial charge in [0.25, 0.3) is 0 Å². The fraction of sp³-hybridized carbons (Fsp3) is 0.647. The summed E-state index contributed by atoms with van der Waals surface area (Å²) in [7, 11) is 0. The van der Waals surface area contributed by atoms with Crippen LogP contribution in [0.1, 0.15) is 61.8 Å². The maximum absolute atomic E-state index is 12.7. The molecule has 0 heterocycles. The third-order valence-electron chi connectivity index (χ3n) is 4.93. The van der Waals surface area contributed by atoms with Gasteiger partial charge in [0.05, 0.1) is 5.56 Å². The maximum atomic E-state index is 12.7. The summed E-state index contributed by atoms with van der Waals surface area (Å²) >= 11 is 0. The van der Waals surface area contributed by atoms with Crippen molar-refractivity contribution in [1.29, 1.82) is 0 Å². The van der Waals surface area contributed by atoms with Crippen molar-refractivity contribution in [3.63, 3.8) is 0 Å². The molecule has 2 N–H and O–H groups in total. The van der Waals surface area contributed by atoms with Crippen molar-refractivity contribution >= 4 is 0 Å². The summed E-state index contributed by atoms with van der Waals surface area (Å²) in [6, 6.07) is 3.78. The zero-order chi connectivity index (χ0) is 15.6. The molecule has 1 unspecified atom stereocenters. The second-order valence-corrected chi connectivity index (χ2v) is 6.28. The second kappa shape index (κ2) is 6.39. The van der Waals surface area contributed by atoms with Gasteiger partial charge in [-0.15, -0.1) is 0 Å². The molecule has 0 radical (unpaired) electrons. The fourth-order valence-electron chi connectivity index (χ4n) is 3.44. The number of rotatable bonds is 3. The molecule has 0 aromatic heterocycles. The SMILES string of the molecule is CCC1CCC(C(N)c2ccc(C(F)(F)F)cc2C)CC1. The monoisotopic (exact) mass is 299 g/mol. The largest absolute Gasteiger partial charge is 0.416 e. The number of hydrogen-bond donors (Lipinski definition) is 1. The average molecular weight is 299 g/mol. The topological polar surface area (TPSA) is 26.0 Å². The molecular formula is C17H24F3N. The normalized spacial score (nSPS) is 24.9. The van der Waals surface area contributed by atoms with Crippen molar-refractivity contribution in [3.05, 3.63) is 34.9 Å². The summed E-state index contributed by atoms with van der Waals surface area (Å²) in [5.74, 6) is 1.19. The van der Waals surface area contributed by atoms with Gasteiger partial charge >= 0.3 is 6.18 Å². The fourth-order valence-corrected chi connectivity index (χ4v) is 3.44. The highest BCUT2D eigenvalue weighted by Gasteiger charge is 2.32. The highest BCUT2D eigenvalue weighted by atomic mass is 19.4. The number of hydrogen-bond acceptors (Lipinski definition) is 1. The van der Waals surface area contributed by atoms with Gasteiger partial charge in [-0.25, -0.2) is 0 Å². The molecule has 1 aromatic rings. The Balaban J connectivity index is 2.11. The number of aryl methyl sites for hydroxylation is 1. The second-order valence-electron chi connectivity index (χ2n) is 6.28. The first-order chi connectivity index (χ1) is 9.82. The van der Waals surface area contributed by atoms with Gasteiger partial charge in [0.15, 0.2) is 0 Å². The smallest absolute Gasteiger partial charge is 0.324 e. The van der Waals surface area contributed by atoms with E-state index < -0.39 is 11.7 Å². The van der Waals surface area contributed by atoms with Crippen LogP contribution in [0.15, 0.2) is 18.2 Å². The van der Waals surface area contributed by atoms with Crippen LogP contribution in [0.3, 0.4) is 0 Å². The molecule has 0 aliphatic heterocycles. The van der Waals surface area contributed by atoms with E-state index in [1.807, 2.05) is 0 Å². The van der Waals surface area contributed by atoms with Crippen LogP contribution in [-0.2, 0) is 6.18 Å². The number of alkyl halides is 3. The standard InChI is InChI=1S/C17H24F3N/c1-3-12-4-6-13(7-5-12)16(21)15-9-8-14(10-11(15)2)17(18,19)20/h8-10,12-13,16H,3-7,21H2,1-2H3. The Kier molecular flexibility index (Phi) is 4.97. The van der Waals surface area contributed by atoms with Crippen molar-refractivity contribution in [3.8, 4) is 0 Å². The Bertz CT molecular complexity index is 473. The molecule has 1 aliphatic rings. The average Bonchev–Trinajstić information content (AvgIpc) is 2.45. The van der Waals surface area contributed by atoms with Crippen molar-refractivity contribution in [1.82, 2.24) is 0 Å². The van der Waals surface area contributed by atoms with Crippen LogP contribution in [0.2, 0.25) is 0 Å². The summed E-state index contributed by atoms with van der Waals surface area (Å²) in [4.78, 5) is 0. The molecule has 0 bridgehead atoms. The molecule has 2 rings (SSSR count). The van der Waals surface area contributed by atoms with Crippen molar-refractivity contribution in [2.24, 2.45) is 17.6 Å². The first kappa shape index (κ1) is 16.3. The zero-order valence-corrected chi connectivity index (χ0v) is 12.7. The van der Waals surface area contributed by atoms with Crippen LogP contribution < -0.4 is 5.73 Å². The van der Waals surface area contributed by atoms with Crippen molar-refractivity contribution < 1.29 is 13.2 Å². The Hall–Kier alpha value is -1.03. The van der Waals surface area contributed by atoms with Crippen LogP contribution in [0.25, 0.3) is 0 Å². The lowest BCUT2D eigenvalue weighted by Crippen LogP contribution is -2.26. The first-order valence-electron chi connectivity index (χ1n) is 7.76. The van der Waals surface area contributed by atoms with Crippen molar-refractivity contribution in [2.75, 3.05) is 0 Å². The molecule has 1 aliphatic carbocycles. The molecule has 1 nitrogen and oxygen atoms in total. The van der Waals surface area contributed by atoms with E-state index in [4.69, 9.17) is 5.73 Å². The van der Waals surface area contributed by atoms with E-state index in [0.717, 1.165) is 30.4 Å². The lowest BCUT2D eigenvalue weighted by Gasteiger charge is -2.32. The Morgan fingerprint density at radius 2 is 1.81 bits per heavy atom. The van der Waals surface area contributed by atoms with E-state index in [-0.39, 0.29) is 6.04 Å². The van der Waals surface area contributed by atoms with Gasteiger partial charge in [-0.1, -0.05) is 32.3 Å². The van der Waals surface area contributed by atoms with E-state index in [9.17, 15) is 13.2 Å². The van der Waals surface area contributed by atoms with Gasteiger partial charge in [-0.2, -0.15) is 13.2 Å². The lowest BCUT2D eigenvalue weighted by molar-refractivity contribution is -0.137. The molecule has 1 atom stereocenters. The van der Waals surface area contributed by atoms with Crippen LogP contribution in [0.5, 0.6) is 0 Å². The number of halogens is 3. The number of nitrogens with two attached hydrogens (primary N) is 1. The minimum Gasteiger partial charge on any atom is -0.324 e. The van der Waals surface area contributed by atoms with Crippen LogP contribution in [0.4, 0.5) is 13.2 Å². The van der Waals surface area contributed by atoms with E-state index in [0.29, 0.717) is 11.5 Å². The summed E-state index contributed by atoms with van der Waals surface area (Å²) in [5.41, 5.74) is 7.26. The van der Waals surface area contributed by atoms with E-state index in [1.54, 1.807) is 13.0 Å². The lowest BCUT2D eigenvalue weighted by atomic mass is 9.75. The van der Waals surface area contributed by atoms with Gasteiger partial charge in [0.1, 0.15) is 0 Å². The molecule has 0 spiro atoms. The van der Waals surface area contributed by atoms with Gasteiger partial charge in [-0.3, -0.25) is 0 Å². The van der Waals surface area contributed by atoms with E-state index in [2.05, 4.69) is 6.92 Å². The summed E-state index contributed by atoms with van der Waals surface area (Å²) in [5, 5.41) is 0. The van der Waals surface area contributed by atoms with Crippen LogP contribution in [0, 0.1) is 18.8 Å². The van der Waals surface area contributed by atoms with Crippen LogP contribution >= 0.6 is 0 Å². The highest BCUT2D eigenvalue weighted by Crippen LogP contribution is 2.38. The Morgan fingerprint density at radius 1 is 1.19 bits per heavy atom. The molecule has 1 aromatic carbocycles. The first-order valence-corrected chi connectivity index (χ1v) is 7.76. The Morgan fingerprint density at radius 3 is 2.29 bits per heavy atom. The van der Waals surface area contributed by atoms with Gasteiger partial charge in [0, 0.05) is 6.04 Å². The summed E-state index contributed by atoms with van der Waals surface area (Å²) < 4.78 is 38.1. The maximum Gasteiger partial charge on any atom is 0.416 e. The molecule has 1 fully saturated rings. The quantitative estimate of drug-likeness (QED) is 0.812.